The summed E-state index contributed by atoms with van der Waals surface area (Å²) in [7, 11) is 0. The minimum atomic E-state index is -0.0410. The fraction of sp³-hybridized carbons (Fsp3) is 0.276. The van der Waals surface area contributed by atoms with Gasteiger partial charge in [0.1, 0.15) is 5.65 Å². The van der Waals surface area contributed by atoms with E-state index in [9.17, 15) is 4.79 Å². The van der Waals surface area contributed by atoms with Crippen LogP contribution in [0.3, 0.4) is 0 Å². The third kappa shape index (κ3) is 3.69. The van der Waals surface area contributed by atoms with Gasteiger partial charge in [-0.3, -0.25) is 4.68 Å². The molecule has 5 aromatic rings. The molecule has 1 aromatic carbocycles. The van der Waals surface area contributed by atoms with Crippen LogP contribution in [0.5, 0.6) is 0 Å². The van der Waals surface area contributed by atoms with E-state index in [2.05, 4.69) is 38.3 Å². The monoisotopic (exact) mass is 517 g/mol. The van der Waals surface area contributed by atoms with Gasteiger partial charge in [-0.05, 0) is 62.2 Å². The number of carbonyl (C=O) groups excluding carboxylic acids is 1. The van der Waals surface area contributed by atoms with Crippen molar-refractivity contribution in [3.63, 3.8) is 0 Å². The minimum absolute atomic E-state index is 0.0162. The van der Waals surface area contributed by atoms with Crippen molar-refractivity contribution in [1.29, 1.82) is 5.26 Å². The molecular formula is C29H27N9O. The second-order valence-electron chi connectivity index (χ2n) is 10.3. The minimum Gasteiger partial charge on any atom is -0.345 e. The van der Waals surface area contributed by atoms with Gasteiger partial charge in [0.15, 0.2) is 0 Å². The van der Waals surface area contributed by atoms with Crippen LogP contribution in [-0.4, -0.2) is 60.1 Å². The van der Waals surface area contributed by atoms with Crippen LogP contribution in [0.2, 0.25) is 0 Å². The van der Waals surface area contributed by atoms with Gasteiger partial charge < -0.3 is 15.2 Å². The van der Waals surface area contributed by atoms with Crippen molar-refractivity contribution in [2.75, 3.05) is 19.6 Å². The molecule has 0 radical (unpaired) electrons. The van der Waals surface area contributed by atoms with Gasteiger partial charge in [0, 0.05) is 66.2 Å². The number of aryl methyl sites for hydroxylation is 1. The fourth-order valence-corrected chi connectivity index (χ4v) is 6.07. The van der Waals surface area contributed by atoms with Crippen LogP contribution in [0.1, 0.15) is 31.0 Å². The number of fused-ring (bicyclic) bond motifs is 3. The predicted octanol–water partition coefficient (Wildman–Crippen LogP) is 4.23. The van der Waals surface area contributed by atoms with E-state index in [4.69, 9.17) is 15.3 Å². The summed E-state index contributed by atoms with van der Waals surface area (Å²) < 4.78 is 3.98. The number of pyridine rings is 1. The number of nitrogens with one attached hydrogen (secondary N) is 2. The molecule has 194 valence electrons. The Kier molecular flexibility index (Phi) is 5.26. The zero-order valence-electron chi connectivity index (χ0n) is 21.6. The van der Waals surface area contributed by atoms with Gasteiger partial charge in [0.2, 0.25) is 0 Å². The standard InChI is InChI=1S/C29H27N9O/c1-2-31-28(39)36-11-8-29(18-36)9-12-37-26(29)14-24(35-37)20-13-22-23(17-33-27(22)32-16-20)25-7-10-34-38(25)21-5-3-19(15-30)4-6-21/h3-7,10,13-14,16-17H,2,8-9,11-12,18H2,1H3,(H,31,39)(H,32,33). The van der Waals surface area contributed by atoms with Crippen molar-refractivity contribution < 1.29 is 4.79 Å². The van der Waals surface area contributed by atoms with Gasteiger partial charge in [-0.15, -0.1) is 0 Å². The summed E-state index contributed by atoms with van der Waals surface area (Å²) >= 11 is 0. The number of urea groups is 1. The van der Waals surface area contributed by atoms with E-state index in [1.165, 1.54) is 5.69 Å². The summed E-state index contributed by atoms with van der Waals surface area (Å²) in [6.45, 7) is 4.92. The summed E-state index contributed by atoms with van der Waals surface area (Å²) in [6, 6.07) is 15.8. The van der Waals surface area contributed by atoms with Crippen molar-refractivity contribution >= 4 is 17.1 Å². The van der Waals surface area contributed by atoms with Crippen LogP contribution in [0.15, 0.2) is 61.1 Å². The fourth-order valence-electron chi connectivity index (χ4n) is 6.07. The Morgan fingerprint density at radius 2 is 2.03 bits per heavy atom. The Morgan fingerprint density at radius 3 is 2.85 bits per heavy atom. The van der Waals surface area contributed by atoms with E-state index >= 15 is 0 Å². The molecule has 39 heavy (non-hydrogen) atoms. The number of nitrogens with zero attached hydrogens (tertiary/aromatic N) is 7. The molecule has 2 N–H and O–H groups in total. The third-order valence-corrected chi connectivity index (χ3v) is 8.08. The number of aromatic nitrogens is 6. The van der Waals surface area contributed by atoms with Crippen LogP contribution in [0, 0.1) is 11.3 Å². The summed E-state index contributed by atoms with van der Waals surface area (Å²) in [6.07, 6.45) is 7.54. The Bertz CT molecular complexity index is 1750. The van der Waals surface area contributed by atoms with E-state index in [1.807, 2.05) is 47.1 Å². The van der Waals surface area contributed by atoms with Gasteiger partial charge >= 0.3 is 6.03 Å². The number of hydrogen-bond donors (Lipinski definition) is 2. The lowest BCUT2D eigenvalue weighted by Gasteiger charge is -2.23. The Balaban J connectivity index is 1.23. The molecule has 1 unspecified atom stereocenters. The first kappa shape index (κ1) is 23.2. The van der Waals surface area contributed by atoms with E-state index in [1.54, 1.807) is 18.3 Å². The first-order valence-electron chi connectivity index (χ1n) is 13.2. The molecule has 0 saturated carbocycles. The van der Waals surface area contributed by atoms with Crippen molar-refractivity contribution in [3.8, 4) is 34.3 Å². The number of hydrogen-bond acceptors (Lipinski definition) is 5. The van der Waals surface area contributed by atoms with Crippen LogP contribution >= 0.6 is 0 Å². The molecule has 1 fully saturated rings. The zero-order chi connectivity index (χ0) is 26.6. The largest absolute Gasteiger partial charge is 0.345 e. The molecule has 10 nitrogen and oxygen atoms in total. The number of amides is 2. The lowest BCUT2D eigenvalue weighted by molar-refractivity contribution is 0.206. The maximum absolute atomic E-state index is 12.5. The SMILES string of the molecule is CCNC(=O)N1CCC2(CCn3nc(-c4cnc5[nH]cc(-c6ccnn6-c6ccc(C#N)cc6)c5c4)cc32)C1. The van der Waals surface area contributed by atoms with Crippen molar-refractivity contribution in [1.82, 2.24) is 39.7 Å². The van der Waals surface area contributed by atoms with Crippen molar-refractivity contribution in [2.45, 2.75) is 31.7 Å². The Hall–Kier alpha value is -4.91. The van der Waals surface area contributed by atoms with E-state index in [-0.39, 0.29) is 11.4 Å². The molecule has 0 aliphatic carbocycles. The normalized spacial score (nSPS) is 18.1. The van der Waals surface area contributed by atoms with Gasteiger partial charge in [0.25, 0.3) is 0 Å². The second-order valence-corrected chi connectivity index (χ2v) is 10.3. The number of H-pyrrole nitrogens is 1. The number of aromatic amines is 1. The lowest BCUT2D eigenvalue weighted by atomic mass is 9.82. The first-order chi connectivity index (χ1) is 19.1. The number of rotatable bonds is 4. The molecule has 4 aromatic heterocycles. The third-order valence-electron chi connectivity index (χ3n) is 8.08. The number of likely N-dealkylation sites (tertiary alicyclic amines) is 1. The molecule has 0 bridgehead atoms. The molecule has 1 saturated heterocycles. The molecule has 1 spiro atoms. The topological polar surface area (TPSA) is 120 Å². The number of benzene rings is 1. The lowest BCUT2D eigenvalue weighted by Crippen LogP contribution is -2.40. The molecular weight excluding hydrogens is 490 g/mol. The average Bonchev–Trinajstić information content (AvgIpc) is 3.78. The highest BCUT2D eigenvalue weighted by atomic mass is 16.2. The highest BCUT2D eigenvalue weighted by Gasteiger charge is 2.46. The van der Waals surface area contributed by atoms with Crippen LogP contribution in [0.4, 0.5) is 4.79 Å². The average molecular weight is 518 g/mol. The molecule has 10 heteroatoms. The highest BCUT2D eigenvalue weighted by Crippen LogP contribution is 2.44. The van der Waals surface area contributed by atoms with Crippen LogP contribution in [0.25, 0.3) is 39.2 Å². The van der Waals surface area contributed by atoms with E-state index in [0.717, 1.165) is 71.7 Å². The van der Waals surface area contributed by atoms with Crippen LogP contribution in [-0.2, 0) is 12.0 Å². The maximum Gasteiger partial charge on any atom is 0.317 e. The molecule has 2 aliphatic rings. The van der Waals surface area contributed by atoms with Gasteiger partial charge in [-0.2, -0.15) is 15.5 Å². The van der Waals surface area contributed by atoms with Crippen molar-refractivity contribution in [2.24, 2.45) is 0 Å². The van der Waals surface area contributed by atoms with E-state index < -0.39 is 0 Å². The molecule has 2 aliphatic heterocycles. The van der Waals surface area contributed by atoms with Gasteiger partial charge in [0.05, 0.1) is 34.9 Å². The maximum atomic E-state index is 12.5. The molecule has 6 heterocycles. The Morgan fingerprint density at radius 1 is 1.18 bits per heavy atom. The molecule has 7 rings (SSSR count). The summed E-state index contributed by atoms with van der Waals surface area (Å²) in [5.41, 5.74) is 7.19. The predicted molar refractivity (Wildman–Crippen MR) is 146 cm³/mol. The quantitative estimate of drug-likeness (QED) is 0.370. The zero-order valence-corrected chi connectivity index (χ0v) is 21.6. The van der Waals surface area contributed by atoms with Gasteiger partial charge in [-0.25, -0.2) is 14.5 Å². The smallest absolute Gasteiger partial charge is 0.317 e. The Labute approximate surface area is 224 Å². The van der Waals surface area contributed by atoms with E-state index in [0.29, 0.717) is 12.1 Å². The summed E-state index contributed by atoms with van der Waals surface area (Å²) in [5, 5.41) is 22.6. The number of nitriles is 1. The van der Waals surface area contributed by atoms with Gasteiger partial charge in [-0.1, -0.05) is 0 Å². The van der Waals surface area contributed by atoms with Crippen molar-refractivity contribution in [3.05, 3.63) is 72.3 Å². The highest BCUT2D eigenvalue weighted by molar-refractivity contribution is 5.95. The molecule has 1 atom stereocenters. The summed E-state index contributed by atoms with van der Waals surface area (Å²) in [4.78, 5) is 22.4. The van der Waals surface area contributed by atoms with Crippen LogP contribution < -0.4 is 5.32 Å². The number of carbonyl (C=O) groups is 1. The first-order valence-corrected chi connectivity index (χ1v) is 13.2. The molecule has 2 amide bonds. The summed E-state index contributed by atoms with van der Waals surface area (Å²) in [5.74, 6) is 0. The second kappa shape index (κ2) is 8.84.